The number of aryl methyl sites for hydroxylation is 1. The Balaban J connectivity index is 0.00000353. The normalized spacial score (nSPS) is 13.7. The van der Waals surface area contributed by atoms with Crippen LogP contribution < -0.4 is 10.3 Å². The van der Waals surface area contributed by atoms with Crippen LogP contribution in [0.4, 0.5) is 0 Å². The number of rotatable bonds is 9. The summed E-state index contributed by atoms with van der Waals surface area (Å²) in [5.41, 5.74) is 3.91. The number of ether oxygens (including phenoxy) is 2. The third kappa shape index (κ3) is 6.89. The Hall–Kier alpha value is -3.17. The van der Waals surface area contributed by atoms with Crippen molar-refractivity contribution in [3.63, 3.8) is 0 Å². The van der Waals surface area contributed by atoms with Gasteiger partial charge in [-0.3, -0.25) is 19.1 Å². The van der Waals surface area contributed by atoms with E-state index >= 15 is 0 Å². The van der Waals surface area contributed by atoms with Crippen molar-refractivity contribution >= 4 is 40.9 Å². The number of fused-ring (bicyclic) bond motifs is 1. The van der Waals surface area contributed by atoms with Crippen molar-refractivity contribution in [2.45, 2.75) is 17.8 Å². The quantitative estimate of drug-likeness (QED) is 0.162. The van der Waals surface area contributed by atoms with Crippen molar-refractivity contribution in [3.8, 4) is 5.75 Å². The first-order valence-electron chi connectivity index (χ1n) is 12.8. The summed E-state index contributed by atoms with van der Waals surface area (Å²) in [6.45, 7) is 6.83. The maximum atomic E-state index is 13.0. The van der Waals surface area contributed by atoms with Crippen molar-refractivity contribution < 1.29 is 14.3 Å². The van der Waals surface area contributed by atoms with Gasteiger partial charge in [0.2, 0.25) is 0 Å². The van der Waals surface area contributed by atoms with Crippen LogP contribution in [-0.4, -0.2) is 59.7 Å². The Bertz CT molecular complexity index is 1480. The average molecular weight is 566 g/mol. The summed E-state index contributed by atoms with van der Waals surface area (Å²) < 4.78 is 12.8. The summed E-state index contributed by atoms with van der Waals surface area (Å²) in [7, 11) is 1.76. The molecule has 1 aliphatic heterocycles. The second-order valence-electron chi connectivity index (χ2n) is 9.37. The molecule has 5 rings (SSSR count). The maximum Gasteiger partial charge on any atom is 0.262 e. The van der Waals surface area contributed by atoms with Crippen molar-refractivity contribution in [1.29, 1.82) is 0 Å². The summed E-state index contributed by atoms with van der Waals surface area (Å²) in [6, 6.07) is 20.6. The molecule has 4 aromatic rings. The molecule has 0 amide bonds. The minimum Gasteiger partial charge on any atom is -0.492 e. The fraction of sp³-hybridized carbons (Fsp3) is 0.300. The molecule has 0 atom stereocenters. The first kappa shape index (κ1) is 28.8. The standard InChI is InChI=1S/C30H31N3O4S.ClH/c1-21-4-3-5-26-27(21)29(35)32(2)30(31-26)38-20-22-6-8-23(9-7-22)28(34)24-10-12-25(13-11-24)37-19-16-33-14-17-36-18-15-33;/h3-13H,14-20H2,1-2H3;1H. The summed E-state index contributed by atoms with van der Waals surface area (Å²) in [4.78, 5) is 32.8. The van der Waals surface area contributed by atoms with Crippen LogP contribution in [0.1, 0.15) is 27.0 Å². The molecule has 204 valence electrons. The Morgan fingerprint density at radius 3 is 2.36 bits per heavy atom. The number of morpholine rings is 1. The van der Waals surface area contributed by atoms with Gasteiger partial charge < -0.3 is 9.47 Å². The van der Waals surface area contributed by atoms with Gasteiger partial charge in [-0.25, -0.2) is 4.98 Å². The van der Waals surface area contributed by atoms with Crippen LogP contribution in [0.25, 0.3) is 10.9 Å². The number of aromatic nitrogens is 2. The Morgan fingerprint density at radius 2 is 1.67 bits per heavy atom. The summed E-state index contributed by atoms with van der Waals surface area (Å²) >= 11 is 1.51. The number of hydrogen-bond donors (Lipinski definition) is 0. The van der Waals surface area contributed by atoms with Crippen molar-refractivity contribution in [2.75, 3.05) is 39.5 Å². The second-order valence-corrected chi connectivity index (χ2v) is 10.3. The number of hydrogen-bond acceptors (Lipinski definition) is 7. The molecule has 9 heteroatoms. The fourth-order valence-corrected chi connectivity index (χ4v) is 5.40. The van der Waals surface area contributed by atoms with E-state index in [-0.39, 0.29) is 23.7 Å². The molecule has 1 saturated heterocycles. The van der Waals surface area contributed by atoms with E-state index in [1.165, 1.54) is 11.8 Å². The van der Waals surface area contributed by atoms with E-state index in [1.54, 1.807) is 11.6 Å². The largest absolute Gasteiger partial charge is 0.492 e. The highest BCUT2D eigenvalue weighted by Crippen LogP contribution is 2.23. The lowest BCUT2D eigenvalue weighted by Gasteiger charge is -2.26. The van der Waals surface area contributed by atoms with Crippen LogP contribution in [-0.2, 0) is 17.5 Å². The molecule has 0 aliphatic carbocycles. The topological polar surface area (TPSA) is 73.7 Å². The lowest BCUT2D eigenvalue weighted by atomic mass is 10.0. The Kier molecular flexibility index (Phi) is 9.80. The smallest absolute Gasteiger partial charge is 0.262 e. The first-order valence-corrected chi connectivity index (χ1v) is 13.7. The average Bonchev–Trinajstić information content (AvgIpc) is 2.95. The number of thioether (sulfide) groups is 1. The van der Waals surface area contributed by atoms with Gasteiger partial charge in [-0.15, -0.1) is 12.4 Å². The predicted octanol–water partition coefficient (Wildman–Crippen LogP) is 4.90. The zero-order chi connectivity index (χ0) is 26.5. The number of nitrogens with zero attached hydrogens (tertiary/aromatic N) is 3. The highest BCUT2D eigenvalue weighted by molar-refractivity contribution is 7.98. The van der Waals surface area contributed by atoms with Gasteiger partial charge in [0.1, 0.15) is 12.4 Å². The molecule has 7 nitrogen and oxygen atoms in total. The third-order valence-electron chi connectivity index (χ3n) is 6.75. The van der Waals surface area contributed by atoms with Crippen LogP contribution in [0.3, 0.4) is 0 Å². The third-order valence-corrected chi connectivity index (χ3v) is 7.85. The molecule has 1 fully saturated rings. The van der Waals surface area contributed by atoms with E-state index < -0.39 is 0 Å². The van der Waals surface area contributed by atoms with Crippen LogP contribution in [0.2, 0.25) is 0 Å². The number of carbonyl (C=O) groups is 1. The molecule has 0 saturated carbocycles. The van der Waals surface area contributed by atoms with Crippen LogP contribution in [0, 0.1) is 6.92 Å². The molecule has 1 aliphatic rings. The van der Waals surface area contributed by atoms with Crippen LogP contribution in [0.5, 0.6) is 5.75 Å². The zero-order valence-corrected chi connectivity index (χ0v) is 23.7. The van der Waals surface area contributed by atoms with Crippen LogP contribution in [0.15, 0.2) is 76.7 Å². The first-order chi connectivity index (χ1) is 18.5. The van der Waals surface area contributed by atoms with Crippen LogP contribution >= 0.6 is 24.2 Å². The molecule has 39 heavy (non-hydrogen) atoms. The molecule has 0 bridgehead atoms. The minimum absolute atomic E-state index is 0. The highest BCUT2D eigenvalue weighted by Gasteiger charge is 2.13. The van der Waals surface area contributed by atoms with Gasteiger partial charge in [0, 0.05) is 43.6 Å². The SMILES string of the molecule is Cc1cccc2nc(SCc3ccc(C(=O)c4ccc(OCCN5CCOCC5)cc4)cc3)n(C)c(=O)c12.Cl. The minimum atomic E-state index is -0.0370. The predicted molar refractivity (Wildman–Crippen MR) is 158 cm³/mol. The molecular weight excluding hydrogens is 534 g/mol. The van der Waals surface area contributed by atoms with E-state index in [2.05, 4.69) is 4.90 Å². The van der Waals surface area contributed by atoms with Gasteiger partial charge >= 0.3 is 0 Å². The van der Waals surface area contributed by atoms with E-state index in [9.17, 15) is 9.59 Å². The van der Waals surface area contributed by atoms with Gasteiger partial charge in [-0.1, -0.05) is 48.2 Å². The second kappa shape index (κ2) is 13.3. The lowest BCUT2D eigenvalue weighted by molar-refractivity contribution is 0.0322. The van der Waals surface area contributed by atoms with Crippen molar-refractivity contribution in [2.24, 2.45) is 7.05 Å². The van der Waals surface area contributed by atoms with Crippen molar-refractivity contribution in [3.05, 3.63) is 99.3 Å². The Labute approximate surface area is 238 Å². The van der Waals surface area contributed by atoms with E-state index in [0.717, 1.165) is 49.7 Å². The fourth-order valence-electron chi connectivity index (χ4n) is 4.47. The Morgan fingerprint density at radius 1 is 1.00 bits per heavy atom. The van der Waals surface area contributed by atoms with E-state index in [4.69, 9.17) is 14.5 Å². The lowest BCUT2D eigenvalue weighted by Crippen LogP contribution is -2.38. The molecule has 0 radical (unpaired) electrons. The van der Waals surface area contributed by atoms with Gasteiger partial charge in [0.05, 0.1) is 24.1 Å². The summed E-state index contributed by atoms with van der Waals surface area (Å²) in [5, 5.41) is 1.33. The van der Waals surface area contributed by atoms with E-state index in [1.807, 2.05) is 73.7 Å². The van der Waals surface area contributed by atoms with E-state index in [0.29, 0.717) is 39.5 Å². The molecular formula is C30H32ClN3O4S. The van der Waals surface area contributed by atoms with Gasteiger partial charge in [-0.05, 0) is 48.4 Å². The molecule has 2 heterocycles. The van der Waals surface area contributed by atoms with Crippen molar-refractivity contribution in [1.82, 2.24) is 14.5 Å². The summed E-state index contributed by atoms with van der Waals surface area (Å²) in [5.74, 6) is 1.37. The number of carbonyl (C=O) groups excluding carboxylic acids is 1. The van der Waals surface area contributed by atoms with Gasteiger partial charge in [0.25, 0.3) is 5.56 Å². The maximum absolute atomic E-state index is 13.0. The van der Waals surface area contributed by atoms with Gasteiger partial charge in [-0.2, -0.15) is 0 Å². The number of benzene rings is 3. The number of halogens is 1. The van der Waals surface area contributed by atoms with Gasteiger partial charge in [0.15, 0.2) is 10.9 Å². The molecule has 0 unspecified atom stereocenters. The number of ketones is 1. The molecule has 0 spiro atoms. The highest BCUT2D eigenvalue weighted by atomic mass is 35.5. The monoisotopic (exact) mass is 565 g/mol. The summed E-state index contributed by atoms with van der Waals surface area (Å²) in [6.07, 6.45) is 0. The zero-order valence-electron chi connectivity index (χ0n) is 22.1. The molecule has 1 aromatic heterocycles. The molecule has 0 N–H and O–H groups in total. The molecule has 3 aromatic carbocycles.